The zero-order chi connectivity index (χ0) is 14.8. The summed E-state index contributed by atoms with van der Waals surface area (Å²) in [6, 6.07) is -0.223. The molecule has 3 amide bonds. The fraction of sp³-hybridized carbons (Fsp3) is 0.769. The third-order valence-electron chi connectivity index (χ3n) is 4.29. The van der Waals surface area contributed by atoms with Crippen LogP contribution in [0, 0.1) is 5.41 Å². The summed E-state index contributed by atoms with van der Waals surface area (Å²) in [7, 11) is 0. The molecule has 20 heavy (non-hydrogen) atoms. The molecule has 1 atom stereocenters. The molecule has 2 heterocycles. The zero-order valence-electron chi connectivity index (χ0n) is 11.7. The van der Waals surface area contributed by atoms with E-state index in [1.807, 2.05) is 6.92 Å². The number of hydrogen-bond acceptors (Lipinski definition) is 3. The maximum absolute atomic E-state index is 12.4. The highest BCUT2D eigenvalue weighted by Gasteiger charge is 2.43. The molecule has 7 nitrogen and oxygen atoms in total. The average Bonchev–Trinajstić information content (AvgIpc) is 2.46. The van der Waals surface area contributed by atoms with Crippen molar-refractivity contribution < 1.29 is 19.5 Å². The Kier molecular flexibility index (Phi) is 4.15. The summed E-state index contributed by atoms with van der Waals surface area (Å²) in [6.45, 7) is 3.63. The Labute approximate surface area is 117 Å². The van der Waals surface area contributed by atoms with E-state index in [-0.39, 0.29) is 25.0 Å². The van der Waals surface area contributed by atoms with Gasteiger partial charge in [0.1, 0.15) is 6.54 Å². The molecule has 112 valence electrons. The van der Waals surface area contributed by atoms with Crippen LogP contribution in [0.2, 0.25) is 0 Å². The zero-order valence-corrected chi connectivity index (χ0v) is 11.7. The number of aliphatic carboxylic acids is 1. The fourth-order valence-corrected chi connectivity index (χ4v) is 2.91. The standard InChI is InChI=1S/C13H21N3O4/c1-2-13(11(18)19)4-3-6-16(9-13)12(20)15-7-5-14-10(17)8-15/h2-9H2,1H3,(H,14,17)(H,18,19). The van der Waals surface area contributed by atoms with Crippen LogP contribution in [0.4, 0.5) is 4.79 Å². The van der Waals surface area contributed by atoms with Crippen LogP contribution in [-0.2, 0) is 9.59 Å². The van der Waals surface area contributed by atoms with Crippen molar-refractivity contribution in [3.63, 3.8) is 0 Å². The molecule has 2 N–H and O–H groups in total. The summed E-state index contributed by atoms with van der Waals surface area (Å²) >= 11 is 0. The highest BCUT2D eigenvalue weighted by Crippen LogP contribution is 2.34. The summed E-state index contributed by atoms with van der Waals surface area (Å²) in [5, 5.41) is 12.1. The number of carboxylic acids is 1. The first-order valence-electron chi connectivity index (χ1n) is 7.02. The van der Waals surface area contributed by atoms with Gasteiger partial charge in [-0.25, -0.2) is 4.79 Å². The molecule has 0 bridgehead atoms. The first-order valence-corrected chi connectivity index (χ1v) is 7.02. The topological polar surface area (TPSA) is 89.9 Å². The number of nitrogens with zero attached hydrogens (tertiary/aromatic N) is 2. The van der Waals surface area contributed by atoms with E-state index in [0.717, 1.165) is 0 Å². The Morgan fingerprint density at radius 3 is 2.70 bits per heavy atom. The van der Waals surface area contributed by atoms with Gasteiger partial charge in [-0.3, -0.25) is 9.59 Å². The number of piperazine rings is 1. The maximum Gasteiger partial charge on any atom is 0.320 e. The van der Waals surface area contributed by atoms with Gasteiger partial charge in [0.25, 0.3) is 0 Å². The second-order valence-electron chi connectivity index (χ2n) is 5.52. The normalized spacial score (nSPS) is 27.1. The molecule has 0 saturated carbocycles. The lowest BCUT2D eigenvalue weighted by Gasteiger charge is -2.41. The van der Waals surface area contributed by atoms with E-state index in [4.69, 9.17) is 0 Å². The van der Waals surface area contributed by atoms with Crippen molar-refractivity contribution >= 4 is 17.9 Å². The van der Waals surface area contributed by atoms with Gasteiger partial charge in [0, 0.05) is 26.2 Å². The van der Waals surface area contributed by atoms with Gasteiger partial charge in [0.15, 0.2) is 0 Å². The lowest BCUT2D eigenvalue weighted by atomic mass is 9.78. The second-order valence-corrected chi connectivity index (χ2v) is 5.52. The number of urea groups is 1. The Hall–Kier alpha value is -1.79. The predicted octanol–water partition coefficient (Wildman–Crippen LogP) is 0.115. The summed E-state index contributed by atoms with van der Waals surface area (Å²) in [6.07, 6.45) is 1.79. The molecule has 2 saturated heterocycles. The molecular formula is C13H21N3O4. The van der Waals surface area contributed by atoms with E-state index in [9.17, 15) is 19.5 Å². The van der Waals surface area contributed by atoms with Crippen LogP contribution >= 0.6 is 0 Å². The molecular weight excluding hydrogens is 262 g/mol. The minimum atomic E-state index is -0.841. The Morgan fingerprint density at radius 2 is 2.10 bits per heavy atom. The van der Waals surface area contributed by atoms with Crippen LogP contribution in [0.15, 0.2) is 0 Å². The molecule has 1 unspecified atom stereocenters. The molecule has 0 aromatic heterocycles. The van der Waals surface area contributed by atoms with Gasteiger partial charge in [-0.15, -0.1) is 0 Å². The predicted molar refractivity (Wildman–Crippen MR) is 71.1 cm³/mol. The van der Waals surface area contributed by atoms with Crippen molar-refractivity contribution in [2.75, 3.05) is 32.7 Å². The third kappa shape index (κ3) is 2.71. The summed E-state index contributed by atoms with van der Waals surface area (Å²) < 4.78 is 0. The third-order valence-corrected chi connectivity index (χ3v) is 4.29. The van der Waals surface area contributed by atoms with Crippen LogP contribution in [0.25, 0.3) is 0 Å². The molecule has 2 aliphatic heterocycles. The first kappa shape index (κ1) is 14.6. The van der Waals surface area contributed by atoms with E-state index in [0.29, 0.717) is 38.9 Å². The molecule has 0 aromatic rings. The lowest BCUT2D eigenvalue weighted by molar-refractivity contribution is -0.152. The van der Waals surface area contributed by atoms with Gasteiger partial charge in [-0.05, 0) is 19.3 Å². The number of amides is 3. The molecule has 2 aliphatic rings. The van der Waals surface area contributed by atoms with Crippen LogP contribution in [-0.4, -0.2) is 65.5 Å². The Balaban J connectivity index is 2.06. The largest absolute Gasteiger partial charge is 0.481 e. The van der Waals surface area contributed by atoms with Crippen LogP contribution in [0.1, 0.15) is 26.2 Å². The van der Waals surface area contributed by atoms with E-state index < -0.39 is 11.4 Å². The van der Waals surface area contributed by atoms with Gasteiger partial charge in [-0.2, -0.15) is 0 Å². The average molecular weight is 283 g/mol. The van der Waals surface area contributed by atoms with Crippen molar-refractivity contribution in [1.82, 2.24) is 15.1 Å². The van der Waals surface area contributed by atoms with Crippen molar-refractivity contribution in [2.24, 2.45) is 5.41 Å². The maximum atomic E-state index is 12.4. The van der Waals surface area contributed by atoms with Crippen molar-refractivity contribution in [2.45, 2.75) is 26.2 Å². The highest BCUT2D eigenvalue weighted by atomic mass is 16.4. The second kappa shape index (κ2) is 5.68. The molecule has 0 radical (unpaired) electrons. The summed E-state index contributed by atoms with van der Waals surface area (Å²) in [5.74, 6) is -1.00. The number of hydrogen-bond donors (Lipinski definition) is 2. The van der Waals surface area contributed by atoms with Gasteiger partial charge in [0.05, 0.1) is 5.41 Å². The molecule has 2 fully saturated rings. The number of likely N-dealkylation sites (tertiary alicyclic amines) is 1. The van der Waals surface area contributed by atoms with Crippen LogP contribution < -0.4 is 5.32 Å². The number of carbonyl (C=O) groups is 3. The molecule has 2 rings (SSSR count). The van der Waals surface area contributed by atoms with Crippen LogP contribution in [0.3, 0.4) is 0 Å². The molecule has 0 spiro atoms. The van der Waals surface area contributed by atoms with E-state index in [1.54, 1.807) is 4.90 Å². The van der Waals surface area contributed by atoms with E-state index in [1.165, 1.54) is 4.90 Å². The van der Waals surface area contributed by atoms with Crippen molar-refractivity contribution in [1.29, 1.82) is 0 Å². The SMILES string of the molecule is CCC1(C(=O)O)CCCN(C(=O)N2CCNC(=O)C2)C1. The number of rotatable bonds is 2. The molecule has 0 aliphatic carbocycles. The van der Waals surface area contributed by atoms with Crippen molar-refractivity contribution in [3.8, 4) is 0 Å². The minimum absolute atomic E-state index is 0.0571. The summed E-state index contributed by atoms with van der Waals surface area (Å²) in [5.41, 5.74) is -0.841. The summed E-state index contributed by atoms with van der Waals surface area (Å²) in [4.78, 5) is 38.3. The minimum Gasteiger partial charge on any atom is -0.481 e. The Bertz CT molecular complexity index is 426. The first-order chi connectivity index (χ1) is 9.48. The van der Waals surface area contributed by atoms with Gasteiger partial charge >= 0.3 is 12.0 Å². The molecule has 7 heteroatoms. The fourth-order valence-electron chi connectivity index (χ4n) is 2.91. The smallest absolute Gasteiger partial charge is 0.320 e. The highest BCUT2D eigenvalue weighted by molar-refractivity contribution is 5.85. The number of piperidine rings is 1. The van der Waals surface area contributed by atoms with Crippen molar-refractivity contribution in [3.05, 3.63) is 0 Å². The van der Waals surface area contributed by atoms with Gasteiger partial charge in [0.2, 0.25) is 5.91 Å². The van der Waals surface area contributed by atoms with Gasteiger partial charge in [-0.1, -0.05) is 6.92 Å². The Morgan fingerprint density at radius 1 is 1.35 bits per heavy atom. The van der Waals surface area contributed by atoms with Gasteiger partial charge < -0.3 is 20.2 Å². The number of nitrogens with one attached hydrogen (secondary N) is 1. The quantitative estimate of drug-likeness (QED) is 0.753. The lowest BCUT2D eigenvalue weighted by Crippen LogP contribution is -2.57. The van der Waals surface area contributed by atoms with E-state index >= 15 is 0 Å². The number of carbonyl (C=O) groups excluding carboxylic acids is 2. The van der Waals surface area contributed by atoms with E-state index in [2.05, 4.69) is 5.32 Å². The van der Waals surface area contributed by atoms with Crippen LogP contribution in [0.5, 0.6) is 0 Å². The monoisotopic (exact) mass is 283 g/mol. The number of carboxylic acid groups (broad SMARTS) is 1. The molecule has 0 aromatic carbocycles.